The molecule has 6 nitrogen and oxygen atoms in total. The minimum atomic E-state index is -4.56. The van der Waals surface area contributed by atoms with Crippen LogP contribution in [0.15, 0.2) is 29.3 Å². The fourth-order valence-electron chi connectivity index (χ4n) is 4.14. The summed E-state index contributed by atoms with van der Waals surface area (Å²) >= 11 is 0. The third-order valence-electron chi connectivity index (χ3n) is 5.15. The molecule has 1 aromatic carbocycles. The first kappa shape index (κ1) is 19.2. The number of rotatable bonds is 5. The number of nitriles is 2. The zero-order chi connectivity index (χ0) is 20.1. The standard InChI is InChI=1S/C18H17F3N4O2/c1-3-26-18(27-4-2)16(10-23)13(15(16,9-22)14(24)25-18)11-6-5-7-12(8-11)17(19,20)21/h5-8,13H,3-4H2,1-2H3,(H2,24,25)/t13-,15-,16+/m0/s1. The average Bonchev–Trinajstić information content (AvgIpc) is 3.20. The van der Waals surface area contributed by atoms with Gasteiger partial charge in [-0.05, 0) is 25.5 Å². The van der Waals surface area contributed by atoms with Crippen molar-refractivity contribution in [1.82, 2.24) is 0 Å². The smallest absolute Gasteiger partial charge is 0.386 e. The number of benzene rings is 1. The lowest BCUT2D eigenvalue weighted by Gasteiger charge is -2.31. The largest absolute Gasteiger partial charge is 0.416 e. The van der Waals surface area contributed by atoms with Crippen LogP contribution in [0.4, 0.5) is 13.2 Å². The van der Waals surface area contributed by atoms with E-state index in [0.29, 0.717) is 0 Å². The van der Waals surface area contributed by atoms with Crippen LogP contribution in [-0.4, -0.2) is 25.0 Å². The number of hydrogen-bond donors (Lipinski definition) is 1. The van der Waals surface area contributed by atoms with E-state index in [2.05, 4.69) is 11.1 Å². The Hall–Kier alpha value is -2.62. The second-order valence-corrected chi connectivity index (χ2v) is 6.34. The van der Waals surface area contributed by atoms with E-state index in [1.807, 2.05) is 6.07 Å². The van der Waals surface area contributed by atoms with Crippen LogP contribution in [0.3, 0.4) is 0 Å². The molecule has 3 rings (SSSR count). The molecule has 0 saturated heterocycles. The molecule has 1 heterocycles. The van der Waals surface area contributed by atoms with E-state index in [1.54, 1.807) is 13.8 Å². The molecule has 1 saturated carbocycles. The predicted molar refractivity (Wildman–Crippen MR) is 87.9 cm³/mol. The summed E-state index contributed by atoms with van der Waals surface area (Å²) in [5, 5.41) is 19.9. The van der Waals surface area contributed by atoms with Crippen molar-refractivity contribution in [3.63, 3.8) is 0 Å². The summed E-state index contributed by atoms with van der Waals surface area (Å²) in [4.78, 5) is 4.15. The Balaban J connectivity index is 2.21. The number of hydrogen-bond acceptors (Lipinski definition) is 6. The topological polar surface area (TPSA) is 104 Å². The van der Waals surface area contributed by atoms with Gasteiger partial charge in [0, 0.05) is 19.1 Å². The van der Waals surface area contributed by atoms with E-state index in [4.69, 9.17) is 15.2 Å². The molecule has 0 radical (unpaired) electrons. The number of halogens is 3. The molecular weight excluding hydrogens is 361 g/mol. The van der Waals surface area contributed by atoms with Crippen molar-refractivity contribution in [2.75, 3.05) is 13.2 Å². The Morgan fingerprint density at radius 3 is 2.30 bits per heavy atom. The van der Waals surface area contributed by atoms with Crippen LogP contribution >= 0.6 is 0 Å². The second-order valence-electron chi connectivity index (χ2n) is 6.34. The molecule has 0 unspecified atom stereocenters. The second kappa shape index (κ2) is 5.95. The van der Waals surface area contributed by atoms with Crippen molar-refractivity contribution in [2.45, 2.75) is 31.9 Å². The monoisotopic (exact) mass is 378 g/mol. The number of aliphatic imine (C=N–C) groups is 1. The molecule has 9 heteroatoms. The van der Waals surface area contributed by atoms with Crippen LogP contribution in [-0.2, 0) is 15.7 Å². The molecule has 0 bridgehead atoms. The fraction of sp³-hybridized carbons (Fsp3) is 0.500. The van der Waals surface area contributed by atoms with Gasteiger partial charge in [0.2, 0.25) is 0 Å². The molecule has 2 N–H and O–H groups in total. The minimum absolute atomic E-state index is 0.108. The van der Waals surface area contributed by atoms with Gasteiger partial charge < -0.3 is 15.2 Å². The number of ether oxygens (including phenoxy) is 2. The summed E-state index contributed by atoms with van der Waals surface area (Å²) in [6.45, 7) is 3.53. The number of alkyl halides is 3. The van der Waals surface area contributed by atoms with Crippen molar-refractivity contribution >= 4 is 5.84 Å². The molecule has 1 aliphatic heterocycles. The van der Waals surface area contributed by atoms with Crippen LogP contribution in [0.5, 0.6) is 0 Å². The average molecular weight is 378 g/mol. The summed E-state index contributed by atoms with van der Waals surface area (Å²) in [7, 11) is 0. The normalized spacial score (nSPS) is 30.8. The van der Waals surface area contributed by atoms with Crippen molar-refractivity contribution in [1.29, 1.82) is 10.5 Å². The molecule has 2 aliphatic rings. The molecule has 27 heavy (non-hydrogen) atoms. The van der Waals surface area contributed by atoms with E-state index >= 15 is 0 Å². The highest BCUT2D eigenvalue weighted by Gasteiger charge is 2.93. The van der Waals surface area contributed by atoms with Crippen LogP contribution < -0.4 is 5.73 Å². The highest BCUT2D eigenvalue weighted by molar-refractivity contribution is 6.00. The summed E-state index contributed by atoms with van der Waals surface area (Å²) in [5.41, 5.74) is 2.01. The van der Waals surface area contributed by atoms with Crippen molar-refractivity contribution in [2.24, 2.45) is 21.6 Å². The minimum Gasteiger partial charge on any atom is -0.386 e. The summed E-state index contributed by atoms with van der Waals surface area (Å²) in [6, 6.07) is 8.60. The van der Waals surface area contributed by atoms with E-state index in [0.717, 1.165) is 12.1 Å². The number of fused-ring (bicyclic) bond motifs is 1. The highest BCUT2D eigenvalue weighted by Crippen LogP contribution is 2.82. The molecule has 1 aliphatic carbocycles. The molecule has 1 aromatic rings. The number of nitrogens with two attached hydrogens (primary N) is 1. The van der Waals surface area contributed by atoms with E-state index < -0.39 is 34.4 Å². The lowest BCUT2D eigenvalue weighted by molar-refractivity contribution is -0.255. The van der Waals surface area contributed by atoms with Crippen LogP contribution in [0.25, 0.3) is 0 Å². The molecule has 142 valence electrons. The fourth-order valence-corrected chi connectivity index (χ4v) is 4.14. The van der Waals surface area contributed by atoms with Crippen LogP contribution in [0.2, 0.25) is 0 Å². The maximum atomic E-state index is 13.1. The van der Waals surface area contributed by atoms with E-state index in [-0.39, 0.29) is 24.6 Å². The van der Waals surface area contributed by atoms with Gasteiger partial charge in [-0.2, -0.15) is 23.7 Å². The molecular formula is C18H17F3N4O2. The van der Waals surface area contributed by atoms with Gasteiger partial charge in [0.25, 0.3) is 5.91 Å². The summed E-state index contributed by atoms with van der Waals surface area (Å²) in [5.74, 6) is -2.97. The molecule has 3 atom stereocenters. The first-order valence-corrected chi connectivity index (χ1v) is 8.34. The third kappa shape index (κ3) is 2.16. The first-order valence-electron chi connectivity index (χ1n) is 8.34. The predicted octanol–water partition coefficient (Wildman–Crippen LogP) is 2.92. The molecule has 0 aromatic heterocycles. The zero-order valence-corrected chi connectivity index (χ0v) is 14.7. The van der Waals surface area contributed by atoms with Gasteiger partial charge in [0.15, 0.2) is 5.41 Å². The van der Waals surface area contributed by atoms with Gasteiger partial charge in [-0.1, -0.05) is 18.2 Å². The Bertz CT molecular complexity index is 880. The van der Waals surface area contributed by atoms with Gasteiger partial charge in [-0.25, -0.2) is 4.99 Å². The third-order valence-corrected chi connectivity index (χ3v) is 5.15. The van der Waals surface area contributed by atoms with Crippen molar-refractivity contribution < 1.29 is 22.6 Å². The maximum Gasteiger partial charge on any atom is 0.416 e. The van der Waals surface area contributed by atoms with Crippen LogP contribution in [0.1, 0.15) is 30.9 Å². The number of nitrogens with zero attached hydrogens (tertiary/aromatic N) is 3. The Morgan fingerprint density at radius 1 is 1.19 bits per heavy atom. The van der Waals surface area contributed by atoms with E-state index in [9.17, 15) is 23.7 Å². The van der Waals surface area contributed by atoms with Crippen LogP contribution in [0, 0.1) is 33.5 Å². The molecule has 0 spiro atoms. The lowest BCUT2D eigenvalue weighted by Crippen LogP contribution is -2.43. The van der Waals surface area contributed by atoms with Gasteiger partial charge in [0.05, 0.1) is 17.7 Å². The van der Waals surface area contributed by atoms with Gasteiger partial charge in [-0.15, -0.1) is 0 Å². The SMILES string of the molecule is CCOC1(OCC)N=C(N)[C@]2(C#N)[C@H](c3cccc(C(F)(F)F)c3)[C@@]12C#N. The van der Waals surface area contributed by atoms with Crippen molar-refractivity contribution in [3.05, 3.63) is 35.4 Å². The number of amidine groups is 1. The van der Waals surface area contributed by atoms with Gasteiger partial charge >= 0.3 is 6.18 Å². The maximum absolute atomic E-state index is 13.1. The van der Waals surface area contributed by atoms with Gasteiger partial charge in [-0.3, -0.25) is 0 Å². The Labute approximate surface area is 154 Å². The molecule has 1 fully saturated rings. The highest BCUT2D eigenvalue weighted by atomic mass is 19.4. The molecule has 0 amide bonds. The lowest BCUT2D eigenvalue weighted by atomic mass is 9.93. The quantitative estimate of drug-likeness (QED) is 0.793. The van der Waals surface area contributed by atoms with Gasteiger partial charge in [0.1, 0.15) is 11.3 Å². The zero-order valence-electron chi connectivity index (χ0n) is 14.7. The van der Waals surface area contributed by atoms with E-state index in [1.165, 1.54) is 12.1 Å². The Kier molecular flexibility index (Phi) is 4.22. The summed E-state index contributed by atoms with van der Waals surface area (Å²) < 4.78 is 50.7. The first-order chi connectivity index (χ1) is 12.7. The Morgan fingerprint density at radius 2 is 1.81 bits per heavy atom. The van der Waals surface area contributed by atoms with Crippen molar-refractivity contribution in [3.8, 4) is 12.1 Å². The summed E-state index contributed by atoms with van der Waals surface area (Å²) in [6.07, 6.45) is -4.56.